The van der Waals surface area contributed by atoms with Crippen LogP contribution in [0.25, 0.3) is 0 Å². The summed E-state index contributed by atoms with van der Waals surface area (Å²) in [6.45, 7) is 4.49. The first-order valence-corrected chi connectivity index (χ1v) is 14.3. The number of carbonyl (C=O) groups is 1. The fraction of sp³-hybridized carbons (Fsp3) is 0.323. The first-order valence-electron chi connectivity index (χ1n) is 13.6. The maximum Gasteiger partial charge on any atom is 0.257 e. The Hall–Kier alpha value is -3.30. The van der Waals surface area contributed by atoms with E-state index in [4.69, 9.17) is 27.9 Å². The van der Waals surface area contributed by atoms with Gasteiger partial charge in [0, 0.05) is 35.1 Å². The average Bonchev–Trinajstić information content (AvgIpc) is 3.60. The van der Waals surface area contributed by atoms with Gasteiger partial charge in [-0.15, -0.1) is 0 Å². The Morgan fingerprint density at radius 3 is 2.46 bits per heavy atom. The summed E-state index contributed by atoms with van der Waals surface area (Å²) in [6, 6.07) is 13.2. The SMILES string of the molecule is CCn1cc(C(C)(O)c2cc(F)c3c(c2)C(=O)N(Cc2ccc(Cl)cn2)[C@@]3(OCC2CC2)c2ccc(Cl)cc2)cn1. The molecule has 2 aromatic heterocycles. The van der Waals surface area contributed by atoms with Crippen molar-refractivity contribution >= 4 is 29.1 Å². The molecule has 1 unspecified atom stereocenters. The van der Waals surface area contributed by atoms with Crippen LogP contribution in [0, 0.1) is 11.7 Å². The number of pyridine rings is 1. The minimum Gasteiger partial charge on any atom is -0.381 e. The van der Waals surface area contributed by atoms with Crippen molar-refractivity contribution in [1.29, 1.82) is 0 Å². The first kappa shape index (κ1) is 27.8. The lowest BCUT2D eigenvalue weighted by Crippen LogP contribution is -2.47. The van der Waals surface area contributed by atoms with Gasteiger partial charge in [-0.25, -0.2) is 4.39 Å². The van der Waals surface area contributed by atoms with E-state index in [-0.39, 0.29) is 23.2 Å². The largest absolute Gasteiger partial charge is 0.381 e. The van der Waals surface area contributed by atoms with E-state index in [0.717, 1.165) is 12.8 Å². The van der Waals surface area contributed by atoms with E-state index in [2.05, 4.69) is 10.1 Å². The number of halogens is 3. The molecule has 1 fully saturated rings. The molecule has 2 aliphatic rings. The van der Waals surface area contributed by atoms with Crippen LogP contribution in [-0.4, -0.2) is 37.3 Å². The zero-order valence-electron chi connectivity index (χ0n) is 22.7. The molecule has 10 heteroatoms. The molecule has 1 amide bonds. The predicted octanol–water partition coefficient (Wildman–Crippen LogP) is 6.28. The molecule has 1 aliphatic carbocycles. The van der Waals surface area contributed by atoms with Crippen molar-refractivity contribution < 1.29 is 19.0 Å². The summed E-state index contributed by atoms with van der Waals surface area (Å²) in [4.78, 5) is 20.2. The summed E-state index contributed by atoms with van der Waals surface area (Å²) in [7, 11) is 0. The van der Waals surface area contributed by atoms with Crippen LogP contribution in [0.15, 0.2) is 67.1 Å². The van der Waals surface area contributed by atoms with Gasteiger partial charge in [0.2, 0.25) is 0 Å². The van der Waals surface area contributed by atoms with Gasteiger partial charge in [-0.05, 0) is 74.6 Å². The molecule has 2 aromatic carbocycles. The van der Waals surface area contributed by atoms with E-state index in [1.807, 2.05) is 6.92 Å². The minimum absolute atomic E-state index is 0.0341. The van der Waals surface area contributed by atoms with E-state index >= 15 is 4.39 Å². The van der Waals surface area contributed by atoms with Gasteiger partial charge in [-0.2, -0.15) is 5.10 Å². The third kappa shape index (κ3) is 4.93. The molecule has 41 heavy (non-hydrogen) atoms. The monoisotopic (exact) mass is 594 g/mol. The van der Waals surface area contributed by atoms with Crippen LogP contribution in [0.2, 0.25) is 10.0 Å². The quantitative estimate of drug-likeness (QED) is 0.246. The van der Waals surface area contributed by atoms with Crippen LogP contribution < -0.4 is 0 Å². The molecule has 4 aromatic rings. The Kier molecular flexibility index (Phi) is 7.14. The van der Waals surface area contributed by atoms with Crippen LogP contribution in [0.4, 0.5) is 4.39 Å². The summed E-state index contributed by atoms with van der Waals surface area (Å²) >= 11 is 12.3. The number of ether oxygens (including phenoxy) is 1. The molecule has 7 nitrogen and oxygen atoms in total. The number of carbonyl (C=O) groups excluding carboxylic acids is 1. The van der Waals surface area contributed by atoms with Gasteiger partial charge in [0.05, 0.1) is 41.2 Å². The number of fused-ring (bicyclic) bond motifs is 1. The molecule has 0 saturated heterocycles. The van der Waals surface area contributed by atoms with Gasteiger partial charge < -0.3 is 9.84 Å². The molecule has 1 aliphatic heterocycles. The summed E-state index contributed by atoms with van der Waals surface area (Å²) in [5.41, 5.74) is -1.13. The first-order chi connectivity index (χ1) is 19.6. The fourth-order valence-corrected chi connectivity index (χ4v) is 5.59. The van der Waals surface area contributed by atoms with Crippen LogP contribution in [0.5, 0.6) is 0 Å². The molecule has 1 saturated carbocycles. The maximum atomic E-state index is 16.6. The topological polar surface area (TPSA) is 80.5 Å². The van der Waals surface area contributed by atoms with Gasteiger partial charge in [0.1, 0.15) is 11.4 Å². The Morgan fingerprint density at radius 1 is 1.10 bits per heavy atom. The van der Waals surface area contributed by atoms with Crippen LogP contribution >= 0.6 is 23.2 Å². The lowest BCUT2D eigenvalue weighted by molar-refractivity contribution is -0.117. The highest BCUT2D eigenvalue weighted by molar-refractivity contribution is 6.30. The second kappa shape index (κ2) is 10.5. The fourth-order valence-electron chi connectivity index (χ4n) is 5.36. The Balaban J connectivity index is 1.54. The molecule has 6 rings (SSSR count). The number of aryl methyl sites for hydroxylation is 1. The number of aliphatic hydroxyl groups is 1. The van der Waals surface area contributed by atoms with Crippen molar-refractivity contribution in [3.8, 4) is 0 Å². The number of nitrogens with zero attached hydrogens (tertiary/aromatic N) is 4. The van der Waals surface area contributed by atoms with Crippen LogP contribution in [0.1, 0.15) is 65.0 Å². The highest BCUT2D eigenvalue weighted by Crippen LogP contribution is 2.50. The lowest BCUT2D eigenvalue weighted by atomic mass is 9.85. The summed E-state index contributed by atoms with van der Waals surface area (Å²) < 4.78 is 24.9. The second-order valence-electron chi connectivity index (χ2n) is 10.8. The van der Waals surface area contributed by atoms with Gasteiger partial charge >= 0.3 is 0 Å². The molecule has 212 valence electrons. The van der Waals surface area contributed by atoms with Crippen molar-refractivity contribution in [3.05, 3.63) is 116 Å². The number of rotatable bonds is 9. The number of amides is 1. The van der Waals surface area contributed by atoms with Crippen LogP contribution in [-0.2, 0) is 29.2 Å². The normalized spacial score (nSPS) is 19.9. The van der Waals surface area contributed by atoms with E-state index in [1.165, 1.54) is 17.2 Å². The van der Waals surface area contributed by atoms with E-state index in [0.29, 0.717) is 45.9 Å². The molecule has 0 radical (unpaired) electrons. The standard InChI is InChI=1S/C31H29Cl2FN4O3/c1-3-37-16-22(14-36-37)30(2,40)21-12-26-28(27(34)13-21)31(41-18-19-4-5-19,20-6-8-23(32)9-7-20)38(29(26)39)17-25-11-10-24(33)15-35-25/h6-16,19,40H,3-5,17-18H2,1-2H3/t30?,31-/m1/s1. The number of aromatic nitrogens is 3. The Morgan fingerprint density at radius 2 is 1.83 bits per heavy atom. The van der Waals surface area contributed by atoms with Crippen molar-refractivity contribution in [1.82, 2.24) is 19.7 Å². The number of benzene rings is 2. The zero-order valence-corrected chi connectivity index (χ0v) is 24.2. The highest BCUT2D eigenvalue weighted by atomic mass is 35.5. The van der Waals surface area contributed by atoms with Gasteiger partial charge in [0.15, 0.2) is 5.72 Å². The van der Waals surface area contributed by atoms with Gasteiger partial charge in [-0.3, -0.25) is 19.4 Å². The minimum atomic E-state index is -1.60. The summed E-state index contributed by atoms with van der Waals surface area (Å²) in [5.74, 6) is -0.776. The van der Waals surface area contributed by atoms with Gasteiger partial charge in [-0.1, -0.05) is 35.3 Å². The van der Waals surface area contributed by atoms with Crippen molar-refractivity contribution in [2.75, 3.05) is 6.61 Å². The van der Waals surface area contributed by atoms with Crippen LogP contribution in [0.3, 0.4) is 0 Å². The number of hydrogen-bond donors (Lipinski definition) is 1. The lowest BCUT2D eigenvalue weighted by Gasteiger charge is -2.39. The molecular weight excluding hydrogens is 566 g/mol. The molecule has 3 heterocycles. The molecule has 0 spiro atoms. The molecule has 2 atom stereocenters. The molecular formula is C31H29Cl2FN4O3. The summed E-state index contributed by atoms with van der Waals surface area (Å²) in [6.07, 6.45) is 6.78. The third-order valence-electron chi connectivity index (χ3n) is 7.94. The van der Waals surface area contributed by atoms with E-state index < -0.39 is 23.1 Å². The zero-order chi connectivity index (χ0) is 28.9. The predicted molar refractivity (Wildman–Crippen MR) is 153 cm³/mol. The smallest absolute Gasteiger partial charge is 0.257 e. The van der Waals surface area contributed by atoms with Gasteiger partial charge in [0.25, 0.3) is 5.91 Å². The average molecular weight is 596 g/mol. The second-order valence-corrected chi connectivity index (χ2v) is 11.7. The Bertz CT molecular complexity index is 1600. The molecule has 0 bridgehead atoms. The van der Waals surface area contributed by atoms with E-state index in [1.54, 1.807) is 66.5 Å². The van der Waals surface area contributed by atoms with Crippen molar-refractivity contribution in [3.63, 3.8) is 0 Å². The molecule has 1 N–H and O–H groups in total. The highest BCUT2D eigenvalue weighted by Gasteiger charge is 2.55. The number of hydrogen-bond acceptors (Lipinski definition) is 5. The third-order valence-corrected chi connectivity index (χ3v) is 8.41. The summed E-state index contributed by atoms with van der Waals surface area (Å²) in [5, 5.41) is 16.8. The Labute approximate surface area is 247 Å². The van der Waals surface area contributed by atoms with E-state index in [9.17, 15) is 9.90 Å². The maximum absolute atomic E-state index is 16.6. The van der Waals surface area contributed by atoms with Crippen molar-refractivity contribution in [2.45, 2.75) is 51.1 Å². The van der Waals surface area contributed by atoms with Crippen molar-refractivity contribution in [2.24, 2.45) is 5.92 Å².